The van der Waals surface area contributed by atoms with Crippen molar-refractivity contribution in [2.45, 2.75) is 58.5 Å². The van der Waals surface area contributed by atoms with Crippen LogP contribution in [0.3, 0.4) is 0 Å². The maximum absolute atomic E-state index is 10.1. The van der Waals surface area contributed by atoms with Crippen LogP contribution in [-0.2, 0) is 0 Å². The van der Waals surface area contributed by atoms with E-state index in [0.717, 1.165) is 25.7 Å². The van der Waals surface area contributed by atoms with Crippen LogP contribution in [-0.4, -0.2) is 11.2 Å². The summed E-state index contributed by atoms with van der Waals surface area (Å²) < 4.78 is 0. The fourth-order valence-corrected chi connectivity index (χ4v) is 2.45. The van der Waals surface area contributed by atoms with Crippen LogP contribution < -0.4 is 0 Å². The lowest BCUT2D eigenvalue weighted by atomic mass is 9.89. The minimum absolute atomic E-state index is 0.0841. The van der Waals surface area contributed by atoms with Gasteiger partial charge in [0.1, 0.15) is 0 Å². The van der Waals surface area contributed by atoms with E-state index < -0.39 is 0 Å². The lowest BCUT2D eigenvalue weighted by molar-refractivity contribution is 0.0838. The Balaban J connectivity index is 2.33. The van der Waals surface area contributed by atoms with E-state index in [0.29, 0.717) is 11.8 Å². The van der Waals surface area contributed by atoms with Crippen LogP contribution >= 0.6 is 0 Å². The van der Waals surface area contributed by atoms with Crippen LogP contribution in [0.15, 0.2) is 12.2 Å². The lowest BCUT2D eigenvalue weighted by Crippen LogP contribution is -2.21. The third-order valence-electron chi connectivity index (χ3n) is 3.69. The summed E-state index contributed by atoms with van der Waals surface area (Å²) in [6.45, 7) is 8.43. The van der Waals surface area contributed by atoms with E-state index in [4.69, 9.17) is 0 Å². The van der Waals surface area contributed by atoms with Gasteiger partial charge in [-0.15, -0.1) is 0 Å². The smallest absolute Gasteiger partial charge is 0.0574 e. The summed E-state index contributed by atoms with van der Waals surface area (Å²) in [7, 11) is 0. The third-order valence-corrected chi connectivity index (χ3v) is 3.69. The molecule has 1 nitrogen and oxygen atoms in total. The summed E-state index contributed by atoms with van der Waals surface area (Å²) in [6, 6.07) is 0. The molecular weight excluding hydrogens is 172 g/mol. The molecule has 1 N–H and O–H groups in total. The van der Waals surface area contributed by atoms with E-state index in [1.165, 1.54) is 18.4 Å². The van der Waals surface area contributed by atoms with Gasteiger partial charge in [0, 0.05) is 0 Å². The SMILES string of the molecule is C=C1CC[C@H]([C@H](O)CC(CC)CC)C1. The summed E-state index contributed by atoms with van der Waals surface area (Å²) >= 11 is 0. The average Bonchev–Trinajstić information content (AvgIpc) is 2.61. The van der Waals surface area contributed by atoms with Crippen molar-refractivity contribution in [1.82, 2.24) is 0 Å². The Kier molecular flexibility index (Phi) is 4.67. The summed E-state index contributed by atoms with van der Waals surface area (Å²) in [4.78, 5) is 0. The molecular formula is C13H24O. The quantitative estimate of drug-likeness (QED) is 0.667. The van der Waals surface area contributed by atoms with Gasteiger partial charge in [0.05, 0.1) is 6.10 Å². The van der Waals surface area contributed by atoms with Gasteiger partial charge in [0.15, 0.2) is 0 Å². The molecule has 0 amide bonds. The van der Waals surface area contributed by atoms with E-state index in [1.54, 1.807) is 0 Å². The number of hydrogen-bond acceptors (Lipinski definition) is 1. The van der Waals surface area contributed by atoms with Gasteiger partial charge < -0.3 is 5.11 Å². The topological polar surface area (TPSA) is 20.2 Å². The molecule has 1 heteroatoms. The molecule has 1 aliphatic rings. The average molecular weight is 196 g/mol. The van der Waals surface area contributed by atoms with E-state index in [9.17, 15) is 5.11 Å². The molecule has 2 atom stereocenters. The zero-order valence-corrected chi connectivity index (χ0v) is 9.63. The number of rotatable bonds is 5. The molecule has 0 aliphatic heterocycles. The minimum Gasteiger partial charge on any atom is -0.393 e. The Bertz CT molecular complexity index is 182. The summed E-state index contributed by atoms with van der Waals surface area (Å²) in [5.74, 6) is 1.21. The van der Waals surface area contributed by atoms with Crippen LogP contribution in [0.1, 0.15) is 52.4 Å². The highest BCUT2D eigenvalue weighted by molar-refractivity contribution is 5.03. The second-order valence-corrected chi connectivity index (χ2v) is 4.74. The third kappa shape index (κ3) is 3.13. The molecule has 1 saturated carbocycles. The van der Waals surface area contributed by atoms with Crippen LogP contribution in [0, 0.1) is 11.8 Å². The first-order valence-electron chi connectivity index (χ1n) is 6.02. The standard InChI is InChI=1S/C13H24O/c1-4-11(5-2)9-13(14)12-7-6-10(3)8-12/h11-14H,3-9H2,1-2H3/t12-,13+/m0/s1. The summed E-state index contributed by atoms with van der Waals surface area (Å²) in [5.41, 5.74) is 1.33. The first kappa shape index (κ1) is 11.8. The molecule has 0 aromatic heterocycles. The number of hydrogen-bond donors (Lipinski definition) is 1. The summed E-state index contributed by atoms with van der Waals surface area (Å²) in [6.07, 6.45) is 6.64. The first-order chi connectivity index (χ1) is 6.67. The molecule has 0 aromatic rings. The van der Waals surface area contributed by atoms with Crippen LogP contribution in [0.4, 0.5) is 0 Å². The van der Waals surface area contributed by atoms with Crippen molar-refractivity contribution in [2.24, 2.45) is 11.8 Å². The molecule has 0 radical (unpaired) electrons. The highest BCUT2D eigenvalue weighted by atomic mass is 16.3. The molecule has 0 unspecified atom stereocenters. The zero-order valence-electron chi connectivity index (χ0n) is 9.63. The predicted molar refractivity (Wildman–Crippen MR) is 61.2 cm³/mol. The van der Waals surface area contributed by atoms with Gasteiger partial charge in [0.2, 0.25) is 0 Å². The molecule has 1 aliphatic carbocycles. The molecule has 0 aromatic carbocycles. The molecule has 1 rings (SSSR count). The zero-order chi connectivity index (χ0) is 10.6. The van der Waals surface area contributed by atoms with Gasteiger partial charge in [-0.25, -0.2) is 0 Å². The van der Waals surface area contributed by atoms with Crippen molar-refractivity contribution in [2.75, 3.05) is 0 Å². The van der Waals surface area contributed by atoms with Gasteiger partial charge in [-0.2, -0.15) is 0 Å². The van der Waals surface area contributed by atoms with Crippen LogP contribution in [0.5, 0.6) is 0 Å². The fourth-order valence-electron chi connectivity index (χ4n) is 2.45. The summed E-state index contributed by atoms with van der Waals surface area (Å²) in [5, 5.41) is 10.1. The van der Waals surface area contributed by atoms with Crippen molar-refractivity contribution < 1.29 is 5.11 Å². The normalized spacial score (nSPS) is 24.6. The van der Waals surface area contributed by atoms with Gasteiger partial charge >= 0.3 is 0 Å². The van der Waals surface area contributed by atoms with Gasteiger partial charge in [-0.3, -0.25) is 0 Å². The second-order valence-electron chi connectivity index (χ2n) is 4.74. The van der Waals surface area contributed by atoms with Crippen molar-refractivity contribution in [3.05, 3.63) is 12.2 Å². The predicted octanol–water partition coefficient (Wildman–Crippen LogP) is 3.53. The highest BCUT2D eigenvalue weighted by Gasteiger charge is 2.26. The Hall–Kier alpha value is -0.300. The Morgan fingerprint density at radius 2 is 2.07 bits per heavy atom. The lowest BCUT2D eigenvalue weighted by Gasteiger charge is -2.22. The van der Waals surface area contributed by atoms with Crippen LogP contribution in [0.25, 0.3) is 0 Å². The Labute approximate surface area is 88.2 Å². The van der Waals surface area contributed by atoms with Crippen molar-refractivity contribution in [3.8, 4) is 0 Å². The maximum atomic E-state index is 10.1. The minimum atomic E-state index is -0.0841. The Morgan fingerprint density at radius 1 is 1.43 bits per heavy atom. The van der Waals surface area contributed by atoms with Gasteiger partial charge in [0.25, 0.3) is 0 Å². The molecule has 0 saturated heterocycles. The second kappa shape index (κ2) is 5.55. The number of aliphatic hydroxyl groups is 1. The van der Waals surface area contributed by atoms with Crippen molar-refractivity contribution in [3.63, 3.8) is 0 Å². The molecule has 82 valence electrons. The van der Waals surface area contributed by atoms with Crippen molar-refractivity contribution in [1.29, 1.82) is 0 Å². The Morgan fingerprint density at radius 3 is 2.50 bits per heavy atom. The molecule has 1 fully saturated rings. The molecule has 0 heterocycles. The largest absolute Gasteiger partial charge is 0.393 e. The van der Waals surface area contributed by atoms with Gasteiger partial charge in [-0.1, -0.05) is 38.8 Å². The monoisotopic (exact) mass is 196 g/mol. The van der Waals surface area contributed by atoms with E-state index in [2.05, 4.69) is 20.4 Å². The molecule has 14 heavy (non-hydrogen) atoms. The van der Waals surface area contributed by atoms with Gasteiger partial charge in [-0.05, 0) is 37.5 Å². The van der Waals surface area contributed by atoms with E-state index in [1.807, 2.05) is 0 Å². The first-order valence-corrected chi connectivity index (χ1v) is 6.02. The van der Waals surface area contributed by atoms with E-state index in [-0.39, 0.29) is 6.10 Å². The van der Waals surface area contributed by atoms with E-state index >= 15 is 0 Å². The molecule has 0 bridgehead atoms. The highest BCUT2D eigenvalue weighted by Crippen LogP contribution is 2.34. The van der Waals surface area contributed by atoms with Crippen LogP contribution in [0.2, 0.25) is 0 Å². The fraction of sp³-hybridized carbons (Fsp3) is 0.846. The number of aliphatic hydroxyl groups excluding tert-OH is 1. The molecule has 0 spiro atoms. The maximum Gasteiger partial charge on any atom is 0.0574 e. The van der Waals surface area contributed by atoms with Crippen molar-refractivity contribution >= 4 is 0 Å². The number of allylic oxidation sites excluding steroid dienone is 1.